The quantitative estimate of drug-likeness (QED) is 0.546. The summed E-state index contributed by atoms with van der Waals surface area (Å²) in [5, 5.41) is 0. The minimum Gasteiger partial charge on any atom is -0.406 e. The van der Waals surface area contributed by atoms with Crippen LogP contribution in [0.25, 0.3) is 0 Å². The predicted molar refractivity (Wildman–Crippen MR) is 82.6 cm³/mol. The van der Waals surface area contributed by atoms with Crippen molar-refractivity contribution < 1.29 is 17.9 Å². The van der Waals surface area contributed by atoms with Crippen molar-refractivity contribution in [1.29, 1.82) is 0 Å². The van der Waals surface area contributed by atoms with E-state index in [1.165, 1.54) is 12.1 Å². The zero-order chi connectivity index (χ0) is 15.5. The molecule has 0 radical (unpaired) electrons. The number of benzene rings is 2. The molecule has 0 aliphatic rings. The van der Waals surface area contributed by atoms with Gasteiger partial charge in [-0.05, 0) is 41.8 Å². The molecule has 0 amide bonds. The van der Waals surface area contributed by atoms with Gasteiger partial charge in [-0.1, -0.05) is 56.1 Å². The molecule has 0 aromatic heterocycles. The van der Waals surface area contributed by atoms with Gasteiger partial charge in [-0.15, -0.1) is 13.2 Å². The van der Waals surface area contributed by atoms with E-state index in [0.29, 0.717) is 0 Å². The Morgan fingerprint density at radius 3 is 2.29 bits per heavy atom. The Morgan fingerprint density at radius 2 is 1.71 bits per heavy atom. The molecule has 21 heavy (non-hydrogen) atoms. The third-order valence-electron chi connectivity index (χ3n) is 2.78. The number of halogens is 5. The van der Waals surface area contributed by atoms with Gasteiger partial charge in [0, 0.05) is 9.30 Å². The highest BCUT2D eigenvalue weighted by molar-refractivity contribution is 9.10. The van der Waals surface area contributed by atoms with Crippen LogP contribution >= 0.6 is 31.9 Å². The van der Waals surface area contributed by atoms with Crippen molar-refractivity contribution in [1.82, 2.24) is 0 Å². The van der Waals surface area contributed by atoms with Crippen LogP contribution in [-0.2, 0) is 6.42 Å². The van der Waals surface area contributed by atoms with Crippen molar-refractivity contribution in [3.63, 3.8) is 0 Å². The van der Waals surface area contributed by atoms with Crippen molar-refractivity contribution in [3.05, 3.63) is 64.1 Å². The van der Waals surface area contributed by atoms with Crippen molar-refractivity contribution in [2.75, 3.05) is 0 Å². The number of hydrogen-bond donors (Lipinski definition) is 0. The number of ether oxygens (including phenoxy) is 1. The summed E-state index contributed by atoms with van der Waals surface area (Å²) in [5.74, 6) is -0.214. The second kappa shape index (κ2) is 6.83. The fourth-order valence-corrected chi connectivity index (χ4v) is 2.99. The summed E-state index contributed by atoms with van der Waals surface area (Å²) in [4.78, 5) is 0.0201. The maximum Gasteiger partial charge on any atom is 0.573 e. The number of alkyl halides is 4. The van der Waals surface area contributed by atoms with Crippen LogP contribution in [0, 0.1) is 0 Å². The van der Waals surface area contributed by atoms with Crippen LogP contribution < -0.4 is 4.74 Å². The lowest BCUT2D eigenvalue weighted by atomic mass is 10.0. The first-order valence-electron chi connectivity index (χ1n) is 6.08. The fourth-order valence-electron chi connectivity index (χ4n) is 1.87. The monoisotopic (exact) mass is 422 g/mol. The molecule has 1 atom stereocenters. The molecule has 2 aromatic rings. The van der Waals surface area contributed by atoms with Crippen LogP contribution in [0.15, 0.2) is 53.0 Å². The molecule has 1 unspecified atom stereocenters. The van der Waals surface area contributed by atoms with Crippen LogP contribution in [0.5, 0.6) is 5.75 Å². The minimum atomic E-state index is -4.66. The second-order valence-electron chi connectivity index (χ2n) is 4.42. The summed E-state index contributed by atoms with van der Waals surface area (Å²) >= 11 is 6.96. The fraction of sp³-hybridized carbons (Fsp3) is 0.200. The molecular weight excluding hydrogens is 413 g/mol. The number of hydrogen-bond acceptors (Lipinski definition) is 1. The molecule has 2 rings (SSSR count). The summed E-state index contributed by atoms with van der Waals surface area (Å²) in [5.41, 5.74) is 2.02. The Hall–Kier alpha value is -1.01. The van der Waals surface area contributed by atoms with Crippen LogP contribution in [0.3, 0.4) is 0 Å². The van der Waals surface area contributed by atoms with Crippen LogP contribution in [0.1, 0.15) is 16.0 Å². The Bertz CT molecular complexity index is 597. The van der Waals surface area contributed by atoms with Crippen molar-refractivity contribution in [2.24, 2.45) is 0 Å². The van der Waals surface area contributed by atoms with Gasteiger partial charge in [-0.3, -0.25) is 0 Å². The van der Waals surface area contributed by atoms with E-state index in [2.05, 4.69) is 36.6 Å². The average Bonchev–Trinajstić information content (AvgIpc) is 2.37. The molecule has 6 heteroatoms. The molecule has 0 bridgehead atoms. The lowest BCUT2D eigenvalue weighted by Crippen LogP contribution is -2.17. The summed E-state index contributed by atoms with van der Waals surface area (Å²) in [6, 6.07) is 13.8. The predicted octanol–water partition coefficient (Wildman–Crippen LogP) is 6.03. The largest absolute Gasteiger partial charge is 0.573 e. The normalized spacial score (nSPS) is 13.0. The van der Waals surface area contributed by atoms with E-state index >= 15 is 0 Å². The first-order valence-corrected chi connectivity index (χ1v) is 7.78. The van der Waals surface area contributed by atoms with Crippen molar-refractivity contribution >= 4 is 31.9 Å². The standard InChI is InChI=1S/C15H11Br2F3O/c16-12-3-1-2-10(8-12)9-14(17)11-4-6-13(7-5-11)21-15(18,19)20/h1-8,14H,9H2. The molecule has 1 nitrogen and oxygen atoms in total. The van der Waals surface area contributed by atoms with Gasteiger partial charge in [0.2, 0.25) is 0 Å². The van der Waals surface area contributed by atoms with E-state index in [9.17, 15) is 13.2 Å². The van der Waals surface area contributed by atoms with E-state index in [4.69, 9.17) is 0 Å². The van der Waals surface area contributed by atoms with Gasteiger partial charge in [0.1, 0.15) is 5.75 Å². The van der Waals surface area contributed by atoms with E-state index in [1.54, 1.807) is 12.1 Å². The highest BCUT2D eigenvalue weighted by atomic mass is 79.9. The first-order chi connectivity index (χ1) is 9.83. The third kappa shape index (κ3) is 5.36. The van der Waals surface area contributed by atoms with Gasteiger partial charge in [0.05, 0.1) is 0 Å². The van der Waals surface area contributed by atoms with E-state index in [1.807, 2.05) is 24.3 Å². The lowest BCUT2D eigenvalue weighted by Gasteiger charge is -2.13. The molecular formula is C15H11Br2F3O. The van der Waals surface area contributed by atoms with Crippen molar-refractivity contribution in [2.45, 2.75) is 17.6 Å². The Kier molecular flexibility index (Phi) is 5.32. The molecule has 112 valence electrons. The number of rotatable bonds is 4. The first kappa shape index (κ1) is 16.4. The molecule has 0 spiro atoms. The zero-order valence-electron chi connectivity index (χ0n) is 10.7. The maximum absolute atomic E-state index is 12.1. The molecule has 0 N–H and O–H groups in total. The van der Waals surface area contributed by atoms with Gasteiger partial charge in [0.25, 0.3) is 0 Å². The molecule has 0 fully saturated rings. The zero-order valence-corrected chi connectivity index (χ0v) is 13.9. The van der Waals surface area contributed by atoms with Crippen LogP contribution in [-0.4, -0.2) is 6.36 Å². The van der Waals surface area contributed by atoms with Gasteiger partial charge in [0.15, 0.2) is 0 Å². The smallest absolute Gasteiger partial charge is 0.406 e. The average molecular weight is 424 g/mol. The lowest BCUT2D eigenvalue weighted by molar-refractivity contribution is -0.274. The van der Waals surface area contributed by atoms with E-state index in [0.717, 1.165) is 22.0 Å². The molecule has 0 aliphatic carbocycles. The highest BCUT2D eigenvalue weighted by Crippen LogP contribution is 2.30. The van der Waals surface area contributed by atoms with Gasteiger partial charge in [-0.25, -0.2) is 0 Å². The molecule has 0 saturated carbocycles. The van der Waals surface area contributed by atoms with Crippen LogP contribution in [0.2, 0.25) is 0 Å². The van der Waals surface area contributed by atoms with E-state index < -0.39 is 6.36 Å². The highest BCUT2D eigenvalue weighted by Gasteiger charge is 2.31. The summed E-state index contributed by atoms with van der Waals surface area (Å²) in [6.07, 6.45) is -3.93. The van der Waals surface area contributed by atoms with Gasteiger partial charge < -0.3 is 4.74 Å². The van der Waals surface area contributed by atoms with Crippen LogP contribution in [0.4, 0.5) is 13.2 Å². The molecule has 0 saturated heterocycles. The Morgan fingerprint density at radius 1 is 1.05 bits per heavy atom. The molecule has 2 aromatic carbocycles. The molecule has 0 aliphatic heterocycles. The minimum absolute atomic E-state index is 0.0201. The van der Waals surface area contributed by atoms with Gasteiger partial charge in [-0.2, -0.15) is 0 Å². The molecule has 0 heterocycles. The third-order valence-corrected chi connectivity index (χ3v) is 4.12. The van der Waals surface area contributed by atoms with Gasteiger partial charge >= 0.3 is 6.36 Å². The summed E-state index contributed by atoms with van der Waals surface area (Å²) in [6.45, 7) is 0. The summed E-state index contributed by atoms with van der Waals surface area (Å²) in [7, 11) is 0. The van der Waals surface area contributed by atoms with E-state index in [-0.39, 0.29) is 10.6 Å². The second-order valence-corrected chi connectivity index (χ2v) is 6.44. The Labute approximate surface area is 137 Å². The topological polar surface area (TPSA) is 9.23 Å². The SMILES string of the molecule is FC(F)(F)Oc1ccc(C(Br)Cc2cccc(Br)c2)cc1. The Balaban J connectivity index is 2.04. The maximum atomic E-state index is 12.1. The summed E-state index contributed by atoms with van der Waals surface area (Å²) < 4.78 is 41.1. The van der Waals surface area contributed by atoms with Crippen molar-refractivity contribution in [3.8, 4) is 5.75 Å².